The van der Waals surface area contributed by atoms with Crippen LogP contribution in [0.25, 0.3) is 11.0 Å². The Morgan fingerprint density at radius 3 is 2.96 bits per heavy atom. The van der Waals surface area contributed by atoms with Gasteiger partial charge in [0.25, 0.3) is 5.91 Å². The van der Waals surface area contributed by atoms with Crippen molar-refractivity contribution in [3.8, 4) is 0 Å². The van der Waals surface area contributed by atoms with Gasteiger partial charge in [-0.3, -0.25) is 19.6 Å². The van der Waals surface area contributed by atoms with Crippen molar-refractivity contribution < 1.29 is 9.21 Å². The third-order valence-electron chi connectivity index (χ3n) is 4.75. The third kappa shape index (κ3) is 3.10. The minimum absolute atomic E-state index is 0.0877. The zero-order chi connectivity index (χ0) is 18.1. The molecule has 0 unspecified atom stereocenters. The predicted molar refractivity (Wildman–Crippen MR) is 97.1 cm³/mol. The van der Waals surface area contributed by atoms with Crippen LogP contribution >= 0.6 is 0 Å². The molecule has 3 heterocycles. The van der Waals surface area contributed by atoms with Gasteiger partial charge in [0.2, 0.25) is 0 Å². The van der Waals surface area contributed by atoms with Gasteiger partial charge >= 0.3 is 0 Å². The van der Waals surface area contributed by atoms with Gasteiger partial charge in [-0.25, -0.2) is 0 Å². The molecule has 3 aromatic rings. The highest BCUT2D eigenvalue weighted by molar-refractivity contribution is 5.93. The average Bonchev–Trinajstić information content (AvgIpc) is 2.67. The number of rotatable bonds is 2. The Morgan fingerprint density at radius 2 is 2.12 bits per heavy atom. The highest BCUT2D eigenvalue weighted by atomic mass is 16.3. The van der Waals surface area contributed by atoms with Crippen molar-refractivity contribution in [3.05, 3.63) is 70.1 Å². The lowest BCUT2D eigenvalue weighted by Crippen LogP contribution is -2.39. The van der Waals surface area contributed by atoms with Crippen molar-refractivity contribution in [2.24, 2.45) is 0 Å². The molecule has 26 heavy (non-hydrogen) atoms. The maximum Gasteiger partial charge on any atom is 0.289 e. The van der Waals surface area contributed by atoms with E-state index in [1.165, 1.54) is 6.07 Å². The second-order valence-electron chi connectivity index (χ2n) is 6.65. The summed E-state index contributed by atoms with van der Waals surface area (Å²) in [6.07, 6.45) is 5.33. The number of nitrogens with zero attached hydrogens (tertiary/aromatic N) is 3. The van der Waals surface area contributed by atoms with E-state index < -0.39 is 0 Å². The fraction of sp³-hybridized carbons (Fsp3) is 0.300. The smallest absolute Gasteiger partial charge is 0.289 e. The summed E-state index contributed by atoms with van der Waals surface area (Å²) in [7, 11) is 0. The molecule has 0 aliphatic carbocycles. The van der Waals surface area contributed by atoms with Crippen LogP contribution in [0.5, 0.6) is 0 Å². The Bertz CT molecular complexity index is 1030. The van der Waals surface area contributed by atoms with Gasteiger partial charge < -0.3 is 9.32 Å². The Kier molecular flexibility index (Phi) is 4.24. The fourth-order valence-electron chi connectivity index (χ4n) is 3.45. The first-order chi connectivity index (χ1) is 12.6. The van der Waals surface area contributed by atoms with Gasteiger partial charge in [-0.2, -0.15) is 0 Å². The molecule has 2 aromatic heterocycles. The van der Waals surface area contributed by atoms with E-state index in [1.54, 1.807) is 41.6 Å². The summed E-state index contributed by atoms with van der Waals surface area (Å²) in [5.74, 6) is -0.0184. The largest absolute Gasteiger partial charge is 0.451 e. The Hall–Kier alpha value is -3.02. The van der Waals surface area contributed by atoms with Crippen molar-refractivity contribution in [3.63, 3.8) is 0 Å². The number of carbonyl (C=O) groups excluding carboxylic acids is 1. The van der Waals surface area contributed by atoms with Crippen molar-refractivity contribution in [2.75, 3.05) is 13.1 Å². The summed E-state index contributed by atoms with van der Waals surface area (Å²) in [6.45, 7) is 3.10. The molecule has 0 N–H and O–H groups in total. The summed E-state index contributed by atoms with van der Waals surface area (Å²) >= 11 is 0. The second-order valence-corrected chi connectivity index (χ2v) is 6.65. The van der Waals surface area contributed by atoms with Gasteiger partial charge in [0, 0.05) is 37.5 Å². The maximum atomic E-state index is 12.9. The third-order valence-corrected chi connectivity index (χ3v) is 4.75. The summed E-state index contributed by atoms with van der Waals surface area (Å²) in [5, 5.41) is 0.482. The highest BCUT2D eigenvalue weighted by Crippen LogP contribution is 2.26. The van der Waals surface area contributed by atoms with E-state index in [0.29, 0.717) is 24.1 Å². The van der Waals surface area contributed by atoms with Gasteiger partial charge in [-0.1, -0.05) is 12.1 Å². The number of benzene rings is 1. The van der Waals surface area contributed by atoms with Gasteiger partial charge in [-0.05, 0) is 31.9 Å². The molecule has 6 heteroatoms. The number of aromatic nitrogens is 2. The van der Waals surface area contributed by atoms with E-state index >= 15 is 0 Å². The first kappa shape index (κ1) is 16.4. The Morgan fingerprint density at radius 1 is 1.27 bits per heavy atom. The predicted octanol–water partition coefficient (Wildman–Crippen LogP) is 2.91. The normalized spacial score (nSPS) is 17.4. The molecule has 0 radical (unpaired) electrons. The molecule has 6 nitrogen and oxygen atoms in total. The maximum absolute atomic E-state index is 12.9. The van der Waals surface area contributed by atoms with Gasteiger partial charge in [0.1, 0.15) is 5.58 Å². The number of hydrogen-bond acceptors (Lipinski definition) is 5. The van der Waals surface area contributed by atoms with Crippen LogP contribution in [0.1, 0.15) is 40.7 Å². The fourth-order valence-corrected chi connectivity index (χ4v) is 3.45. The lowest BCUT2D eigenvalue weighted by atomic mass is 9.94. The first-order valence-electron chi connectivity index (χ1n) is 8.72. The quantitative estimate of drug-likeness (QED) is 0.711. The van der Waals surface area contributed by atoms with E-state index in [9.17, 15) is 9.59 Å². The van der Waals surface area contributed by atoms with Crippen LogP contribution < -0.4 is 5.43 Å². The van der Waals surface area contributed by atoms with Crippen LogP contribution in [0.3, 0.4) is 0 Å². The van der Waals surface area contributed by atoms with Crippen LogP contribution in [0.4, 0.5) is 0 Å². The van der Waals surface area contributed by atoms with Crippen molar-refractivity contribution >= 4 is 16.9 Å². The number of hydrogen-bond donors (Lipinski definition) is 0. The molecule has 0 bridgehead atoms. The Balaban J connectivity index is 1.61. The molecule has 1 amide bonds. The van der Waals surface area contributed by atoms with Gasteiger partial charge in [0.15, 0.2) is 11.2 Å². The van der Waals surface area contributed by atoms with Gasteiger partial charge in [0.05, 0.1) is 16.8 Å². The van der Waals surface area contributed by atoms with E-state index in [1.807, 2.05) is 6.92 Å². The molecular formula is C20H19N3O3. The van der Waals surface area contributed by atoms with E-state index in [2.05, 4.69) is 9.97 Å². The Labute approximate surface area is 150 Å². The topological polar surface area (TPSA) is 76.3 Å². The van der Waals surface area contributed by atoms with Crippen molar-refractivity contribution in [2.45, 2.75) is 25.7 Å². The van der Waals surface area contributed by atoms with Gasteiger partial charge in [-0.15, -0.1) is 0 Å². The number of piperidine rings is 1. The molecular weight excluding hydrogens is 330 g/mol. The van der Waals surface area contributed by atoms with Crippen LogP contribution in [0.2, 0.25) is 0 Å². The minimum atomic E-state index is -0.252. The number of amides is 1. The lowest BCUT2D eigenvalue weighted by molar-refractivity contribution is 0.0674. The van der Waals surface area contributed by atoms with Crippen LogP contribution in [0.15, 0.2) is 51.9 Å². The number of aryl methyl sites for hydroxylation is 1. The van der Waals surface area contributed by atoms with E-state index in [4.69, 9.17) is 4.42 Å². The number of likely N-dealkylation sites (tertiary alicyclic amines) is 1. The monoisotopic (exact) mass is 349 g/mol. The van der Waals surface area contributed by atoms with Crippen molar-refractivity contribution in [1.29, 1.82) is 0 Å². The molecule has 4 rings (SSSR count). The molecule has 1 aliphatic heterocycles. The number of fused-ring (bicyclic) bond motifs is 1. The molecule has 1 saturated heterocycles. The molecule has 1 fully saturated rings. The molecule has 1 atom stereocenters. The molecule has 1 aliphatic rings. The average molecular weight is 349 g/mol. The van der Waals surface area contributed by atoms with Crippen LogP contribution in [0, 0.1) is 6.92 Å². The van der Waals surface area contributed by atoms with Crippen LogP contribution in [-0.4, -0.2) is 33.9 Å². The second kappa shape index (κ2) is 6.71. The zero-order valence-electron chi connectivity index (χ0n) is 14.5. The first-order valence-corrected chi connectivity index (χ1v) is 8.72. The number of carbonyl (C=O) groups is 1. The summed E-state index contributed by atoms with van der Waals surface area (Å²) in [4.78, 5) is 35.7. The summed E-state index contributed by atoms with van der Waals surface area (Å²) in [6, 6.07) is 8.25. The minimum Gasteiger partial charge on any atom is -0.451 e. The molecule has 0 spiro atoms. The molecule has 0 saturated carbocycles. The molecule has 1 aromatic carbocycles. The summed E-state index contributed by atoms with van der Waals surface area (Å²) in [5.41, 5.74) is 2.00. The lowest BCUT2D eigenvalue weighted by Gasteiger charge is -2.32. The van der Waals surface area contributed by atoms with Crippen molar-refractivity contribution in [1.82, 2.24) is 14.9 Å². The summed E-state index contributed by atoms with van der Waals surface area (Å²) < 4.78 is 5.70. The van der Waals surface area contributed by atoms with E-state index in [0.717, 1.165) is 24.2 Å². The molecule has 132 valence electrons. The van der Waals surface area contributed by atoms with E-state index in [-0.39, 0.29) is 23.0 Å². The van der Waals surface area contributed by atoms with Crippen LogP contribution in [-0.2, 0) is 0 Å². The number of para-hydroxylation sites is 1. The SMILES string of the molecule is Cc1cncc([C@H]2CCCN(C(=O)c3cc(=O)c4ccccc4o3)C2)n1. The highest BCUT2D eigenvalue weighted by Gasteiger charge is 2.28. The standard InChI is InChI=1S/C20H19N3O3/c1-13-10-21-11-16(22-13)14-5-4-8-23(12-14)20(25)19-9-17(24)15-6-2-3-7-18(15)26-19/h2-3,6-7,9-11,14H,4-5,8,12H2,1H3/t14-/m0/s1. The zero-order valence-corrected chi connectivity index (χ0v) is 14.5.